The van der Waals surface area contributed by atoms with Crippen LogP contribution in [-0.2, 0) is 23.9 Å². The minimum absolute atomic E-state index is 0.0198. The molecule has 0 aromatic rings. The predicted octanol–water partition coefficient (Wildman–Crippen LogP) is 2.93. The van der Waals surface area contributed by atoms with Crippen LogP contribution in [0.3, 0.4) is 0 Å². The first-order chi connectivity index (χ1) is 10.8. The first kappa shape index (κ1) is 20.6. The Hall–Kier alpha value is -2.43. The molecule has 0 aliphatic rings. The number of carbonyl (C=O) groups excluding carboxylic acids is 3. The molecule has 23 heavy (non-hydrogen) atoms. The van der Waals surface area contributed by atoms with Crippen LogP contribution >= 0.6 is 0 Å². The lowest BCUT2D eigenvalue weighted by Gasteiger charge is -2.31. The Balaban J connectivity index is 5.41. The number of esters is 1. The molecule has 0 heterocycles. The van der Waals surface area contributed by atoms with Crippen LogP contribution in [0.15, 0.2) is 50.3 Å². The predicted molar refractivity (Wildman–Crippen MR) is 88.6 cm³/mol. The van der Waals surface area contributed by atoms with E-state index < -0.39 is 11.4 Å². The molecule has 0 N–H and O–H groups in total. The maximum absolute atomic E-state index is 11.8. The Morgan fingerprint density at radius 3 is 1.78 bits per heavy atom. The maximum Gasteiger partial charge on any atom is 0.305 e. The molecule has 126 valence electrons. The van der Waals surface area contributed by atoms with Crippen LogP contribution in [0.4, 0.5) is 0 Å². The number of allylic oxidation sites excluding steroid dienone is 3. The standard InChI is InChI=1S/C18H24O5/c1-6-14(5)22-12-18(10-15(19)7-2,11-16(20)8-3)13-23-17(21)9-4/h6-8H,1-3,5,9-13H2,4H3. The summed E-state index contributed by atoms with van der Waals surface area (Å²) >= 11 is 0. The summed E-state index contributed by atoms with van der Waals surface area (Å²) in [6, 6.07) is 0. The van der Waals surface area contributed by atoms with Gasteiger partial charge in [0.2, 0.25) is 0 Å². The van der Waals surface area contributed by atoms with Crippen LogP contribution in [0, 0.1) is 5.41 Å². The van der Waals surface area contributed by atoms with Crippen molar-refractivity contribution in [2.75, 3.05) is 13.2 Å². The highest BCUT2D eigenvalue weighted by molar-refractivity contribution is 5.92. The SMILES string of the molecule is C=CC(=C)OCC(COC(=O)CC)(CC(=O)C=C)CC(=O)C=C. The summed E-state index contributed by atoms with van der Waals surface area (Å²) in [6.07, 6.45) is 3.85. The van der Waals surface area contributed by atoms with Crippen LogP contribution in [0.1, 0.15) is 26.2 Å². The van der Waals surface area contributed by atoms with E-state index in [1.165, 1.54) is 6.08 Å². The van der Waals surface area contributed by atoms with Crippen LogP contribution in [0.5, 0.6) is 0 Å². The molecule has 0 bridgehead atoms. The van der Waals surface area contributed by atoms with Crippen molar-refractivity contribution in [1.82, 2.24) is 0 Å². The summed E-state index contributed by atoms with van der Waals surface area (Å²) in [5.74, 6) is -0.674. The van der Waals surface area contributed by atoms with E-state index >= 15 is 0 Å². The zero-order valence-corrected chi connectivity index (χ0v) is 13.6. The molecule has 0 unspecified atom stereocenters. The quantitative estimate of drug-likeness (QED) is 0.226. The normalized spacial score (nSPS) is 10.3. The Morgan fingerprint density at radius 1 is 0.913 bits per heavy atom. The summed E-state index contributed by atoms with van der Waals surface area (Å²) in [5, 5.41) is 0. The molecule has 0 aromatic heterocycles. The number of rotatable bonds is 13. The molecule has 0 aliphatic carbocycles. The lowest BCUT2D eigenvalue weighted by molar-refractivity contribution is -0.150. The van der Waals surface area contributed by atoms with Crippen molar-refractivity contribution in [3.05, 3.63) is 50.3 Å². The first-order valence-electron chi connectivity index (χ1n) is 7.22. The van der Waals surface area contributed by atoms with E-state index in [4.69, 9.17) is 9.47 Å². The Morgan fingerprint density at radius 2 is 1.39 bits per heavy atom. The Labute approximate surface area is 137 Å². The molecule has 0 aromatic carbocycles. The molecule has 0 rings (SSSR count). The van der Waals surface area contributed by atoms with Crippen molar-refractivity contribution in [3.8, 4) is 0 Å². The van der Waals surface area contributed by atoms with E-state index in [2.05, 4.69) is 26.3 Å². The number of ether oxygens (including phenoxy) is 2. The van der Waals surface area contributed by atoms with Crippen molar-refractivity contribution in [1.29, 1.82) is 0 Å². The van der Waals surface area contributed by atoms with Gasteiger partial charge in [-0.15, -0.1) is 0 Å². The smallest absolute Gasteiger partial charge is 0.305 e. The molecule has 5 nitrogen and oxygen atoms in total. The topological polar surface area (TPSA) is 69.7 Å². The van der Waals surface area contributed by atoms with Crippen molar-refractivity contribution in [2.24, 2.45) is 5.41 Å². The fourth-order valence-corrected chi connectivity index (χ4v) is 1.83. The van der Waals surface area contributed by atoms with E-state index in [0.717, 1.165) is 12.2 Å². The third kappa shape index (κ3) is 7.95. The van der Waals surface area contributed by atoms with Gasteiger partial charge in [-0.2, -0.15) is 0 Å². The minimum Gasteiger partial charge on any atom is -0.494 e. The zero-order chi connectivity index (χ0) is 17.9. The Bertz CT molecular complexity index is 480. The molecule has 0 radical (unpaired) electrons. The van der Waals surface area contributed by atoms with Crippen LogP contribution in [0.2, 0.25) is 0 Å². The van der Waals surface area contributed by atoms with Gasteiger partial charge in [-0.1, -0.05) is 33.2 Å². The van der Waals surface area contributed by atoms with Crippen LogP contribution < -0.4 is 0 Å². The van der Waals surface area contributed by atoms with E-state index in [1.807, 2.05) is 0 Å². The lowest BCUT2D eigenvalue weighted by Crippen LogP contribution is -2.37. The monoisotopic (exact) mass is 320 g/mol. The second kappa shape index (κ2) is 10.3. The molecular weight excluding hydrogens is 296 g/mol. The average molecular weight is 320 g/mol. The molecule has 0 amide bonds. The summed E-state index contributed by atoms with van der Waals surface area (Å²) in [6.45, 7) is 15.5. The van der Waals surface area contributed by atoms with Gasteiger partial charge in [0.15, 0.2) is 11.6 Å². The van der Waals surface area contributed by atoms with E-state index in [1.54, 1.807) is 6.92 Å². The van der Waals surface area contributed by atoms with Crippen molar-refractivity contribution in [3.63, 3.8) is 0 Å². The van der Waals surface area contributed by atoms with E-state index in [9.17, 15) is 14.4 Å². The fraction of sp³-hybridized carbons (Fsp3) is 0.389. The summed E-state index contributed by atoms with van der Waals surface area (Å²) in [5.41, 5.74) is -1.01. The van der Waals surface area contributed by atoms with Crippen molar-refractivity contribution >= 4 is 17.5 Å². The number of hydrogen-bond donors (Lipinski definition) is 0. The molecule has 0 saturated heterocycles. The molecule has 5 heteroatoms. The van der Waals surface area contributed by atoms with Gasteiger partial charge in [0.05, 0.1) is 12.0 Å². The van der Waals surface area contributed by atoms with Crippen molar-refractivity contribution in [2.45, 2.75) is 26.2 Å². The first-order valence-corrected chi connectivity index (χ1v) is 7.22. The molecule has 0 aliphatic heterocycles. The van der Waals surface area contributed by atoms with E-state index in [-0.39, 0.29) is 44.0 Å². The summed E-state index contributed by atoms with van der Waals surface area (Å²) < 4.78 is 10.6. The molecule has 0 saturated carbocycles. The van der Waals surface area contributed by atoms with Gasteiger partial charge in [0.1, 0.15) is 12.4 Å². The van der Waals surface area contributed by atoms with Gasteiger partial charge in [-0.05, 0) is 18.2 Å². The number of carbonyl (C=O) groups is 3. The third-order valence-electron chi connectivity index (χ3n) is 3.17. The lowest BCUT2D eigenvalue weighted by atomic mass is 9.79. The summed E-state index contributed by atoms with van der Waals surface area (Å²) in [7, 11) is 0. The van der Waals surface area contributed by atoms with Crippen molar-refractivity contribution < 1.29 is 23.9 Å². The van der Waals surface area contributed by atoms with Gasteiger partial charge < -0.3 is 9.47 Å². The van der Waals surface area contributed by atoms with Crippen LogP contribution in [0.25, 0.3) is 0 Å². The molecular formula is C18H24O5. The highest BCUT2D eigenvalue weighted by Gasteiger charge is 2.36. The summed E-state index contributed by atoms with van der Waals surface area (Å²) in [4.78, 5) is 35.1. The fourth-order valence-electron chi connectivity index (χ4n) is 1.83. The minimum atomic E-state index is -1.01. The van der Waals surface area contributed by atoms with E-state index in [0.29, 0.717) is 5.76 Å². The van der Waals surface area contributed by atoms with Gasteiger partial charge in [0, 0.05) is 19.3 Å². The van der Waals surface area contributed by atoms with Gasteiger partial charge in [-0.25, -0.2) is 0 Å². The third-order valence-corrected chi connectivity index (χ3v) is 3.17. The number of hydrogen-bond acceptors (Lipinski definition) is 5. The largest absolute Gasteiger partial charge is 0.494 e. The second-order valence-corrected chi connectivity index (χ2v) is 5.17. The second-order valence-electron chi connectivity index (χ2n) is 5.17. The zero-order valence-electron chi connectivity index (χ0n) is 13.6. The Kier molecular flexibility index (Phi) is 9.23. The average Bonchev–Trinajstić information content (AvgIpc) is 2.56. The molecule has 0 fully saturated rings. The molecule has 0 atom stereocenters. The number of ketones is 2. The highest BCUT2D eigenvalue weighted by atomic mass is 16.5. The maximum atomic E-state index is 11.8. The van der Waals surface area contributed by atoms with Gasteiger partial charge >= 0.3 is 5.97 Å². The van der Waals surface area contributed by atoms with Crippen LogP contribution in [-0.4, -0.2) is 30.7 Å². The highest BCUT2D eigenvalue weighted by Crippen LogP contribution is 2.30. The van der Waals surface area contributed by atoms with Gasteiger partial charge in [0.25, 0.3) is 0 Å². The van der Waals surface area contributed by atoms with Gasteiger partial charge in [-0.3, -0.25) is 14.4 Å². The molecule has 0 spiro atoms.